The fourth-order valence-electron chi connectivity index (χ4n) is 1.14. The van der Waals surface area contributed by atoms with E-state index in [-0.39, 0.29) is 18.4 Å². The molecule has 3 N–H and O–H groups in total. The van der Waals surface area contributed by atoms with Crippen LogP contribution in [0.15, 0.2) is 0 Å². The normalized spacial score (nSPS) is 24.3. The molecule has 1 atom stereocenters. The van der Waals surface area contributed by atoms with Gasteiger partial charge in [0.05, 0.1) is 6.42 Å². The molecule has 0 spiro atoms. The summed E-state index contributed by atoms with van der Waals surface area (Å²) in [5, 5.41) is 14.1. The van der Waals surface area contributed by atoms with E-state index in [1.54, 1.807) is 0 Å². The standard InChI is InChI=1S/C7H12N2O3/c10-6-1-2-8-5(4-9-6)3-7(11)12/h5,8H,1-4H2,(H,9,10)(H,11,12). The van der Waals surface area contributed by atoms with Gasteiger partial charge in [-0.05, 0) is 0 Å². The van der Waals surface area contributed by atoms with Crippen molar-refractivity contribution in [3.8, 4) is 0 Å². The molecular weight excluding hydrogens is 160 g/mol. The van der Waals surface area contributed by atoms with Crippen molar-refractivity contribution in [2.75, 3.05) is 13.1 Å². The molecule has 68 valence electrons. The van der Waals surface area contributed by atoms with Crippen molar-refractivity contribution in [2.24, 2.45) is 0 Å². The molecule has 1 amide bonds. The largest absolute Gasteiger partial charge is 0.481 e. The Morgan fingerprint density at radius 1 is 1.67 bits per heavy atom. The Balaban J connectivity index is 2.35. The summed E-state index contributed by atoms with van der Waals surface area (Å²) >= 11 is 0. The molecule has 1 unspecified atom stereocenters. The average Bonchev–Trinajstić information content (AvgIpc) is 2.15. The summed E-state index contributed by atoms with van der Waals surface area (Å²) in [7, 11) is 0. The third kappa shape index (κ3) is 2.87. The first kappa shape index (κ1) is 8.99. The Kier molecular flexibility index (Phi) is 3.04. The topological polar surface area (TPSA) is 78.4 Å². The lowest BCUT2D eigenvalue weighted by molar-refractivity contribution is -0.137. The lowest BCUT2D eigenvalue weighted by atomic mass is 10.2. The van der Waals surface area contributed by atoms with Crippen LogP contribution in [0.1, 0.15) is 12.8 Å². The smallest absolute Gasteiger partial charge is 0.304 e. The minimum atomic E-state index is -0.844. The number of carboxylic acid groups (broad SMARTS) is 1. The van der Waals surface area contributed by atoms with E-state index in [0.29, 0.717) is 19.5 Å². The highest BCUT2D eigenvalue weighted by atomic mass is 16.4. The third-order valence-electron chi connectivity index (χ3n) is 1.75. The zero-order valence-electron chi connectivity index (χ0n) is 6.67. The summed E-state index contributed by atoms with van der Waals surface area (Å²) in [6, 6.07) is -0.131. The molecule has 0 aromatic rings. The monoisotopic (exact) mass is 172 g/mol. The Labute approximate surface area is 70.1 Å². The van der Waals surface area contributed by atoms with E-state index >= 15 is 0 Å². The number of hydrogen-bond acceptors (Lipinski definition) is 3. The van der Waals surface area contributed by atoms with Gasteiger partial charge in [-0.25, -0.2) is 0 Å². The predicted molar refractivity (Wildman–Crippen MR) is 41.7 cm³/mol. The van der Waals surface area contributed by atoms with Gasteiger partial charge < -0.3 is 15.7 Å². The van der Waals surface area contributed by atoms with Gasteiger partial charge >= 0.3 is 5.97 Å². The van der Waals surface area contributed by atoms with E-state index in [9.17, 15) is 9.59 Å². The average molecular weight is 172 g/mol. The van der Waals surface area contributed by atoms with E-state index in [0.717, 1.165) is 0 Å². The summed E-state index contributed by atoms with van der Waals surface area (Å²) in [5.74, 6) is -0.862. The van der Waals surface area contributed by atoms with Gasteiger partial charge in [-0.3, -0.25) is 9.59 Å². The zero-order chi connectivity index (χ0) is 8.97. The number of aliphatic carboxylic acids is 1. The molecule has 0 radical (unpaired) electrons. The highest BCUT2D eigenvalue weighted by Crippen LogP contribution is 1.95. The van der Waals surface area contributed by atoms with Gasteiger partial charge in [-0.2, -0.15) is 0 Å². The molecule has 1 fully saturated rings. The Bertz CT molecular complexity index is 193. The van der Waals surface area contributed by atoms with Gasteiger partial charge in [-0.1, -0.05) is 0 Å². The quantitative estimate of drug-likeness (QED) is 0.496. The van der Waals surface area contributed by atoms with Crippen LogP contribution in [-0.4, -0.2) is 36.1 Å². The van der Waals surface area contributed by atoms with Crippen LogP contribution in [0, 0.1) is 0 Å². The number of nitrogens with one attached hydrogen (secondary N) is 2. The Hall–Kier alpha value is -1.10. The molecular formula is C7H12N2O3. The van der Waals surface area contributed by atoms with Crippen molar-refractivity contribution < 1.29 is 14.7 Å². The summed E-state index contributed by atoms with van der Waals surface area (Å²) in [6.45, 7) is 0.967. The first-order valence-electron chi connectivity index (χ1n) is 3.90. The number of hydrogen-bond donors (Lipinski definition) is 3. The molecule has 1 saturated heterocycles. The van der Waals surface area contributed by atoms with Crippen LogP contribution in [0.3, 0.4) is 0 Å². The van der Waals surface area contributed by atoms with Crippen LogP contribution < -0.4 is 10.6 Å². The molecule has 0 aliphatic carbocycles. The number of amides is 1. The highest BCUT2D eigenvalue weighted by Gasteiger charge is 2.16. The predicted octanol–water partition coefficient (Wildman–Crippen LogP) is -1.06. The summed E-state index contributed by atoms with van der Waals surface area (Å²) < 4.78 is 0. The first-order valence-corrected chi connectivity index (χ1v) is 3.90. The summed E-state index contributed by atoms with van der Waals surface area (Å²) in [6.07, 6.45) is 0.483. The van der Waals surface area contributed by atoms with Crippen LogP contribution in [0.4, 0.5) is 0 Å². The molecule has 0 bridgehead atoms. The maximum atomic E-state index is 10.8. The number of rotatable bonds is 2. The van der Waals surface area contributed by atoms with Gasteiger partial charge in [0.15, 0.2) is 0 Å². The SMILES string of the molecule is O=C(O)CC1CNC(=O)CCN1. The molecule has 12 heavy (non-hydrogen) atoms. The van der Waals surface area contributed by atoms with Gasteiger partial charge in [0, 0.05) is 25.6 Å². The maximum Gasteiger partial charge on any atom is 0.304 e. The fourth-order valence-corrected chi connectivity index (χ4v) is 1.14. The molecule has 1 heterocycles. The second-order valence-corrected chi connectivity index (χ2v) is 2.80. The van der Waals surface area contributed by atoms with Crippen molar-refractivity contribution in [3.05, 3.63) is 0 Å². The van der Waals surface area contributed by atoms with Crippen LogP contribution >= 0.6 is 0 Å². The molecule has 0 aromatic carbocycles. The second kappa shape index (κ2) is 4.06. The molecule has 5 heteroatoms. The van der Waals surface area contributed by atoms with Gasteiger partial charge in [-0.15, -0.1) is 0 Å². The number of carbonyl (C=O) groups is 2. The van der Waals surface area contributed by atoms with E-state index < -0.39 is 5.97 Å². The van der Waals surface area contributed by atoms with Crippen molar-refractivity contribution in [2.45, 2.75) is 18.9 Å². The molecule has 1 aliphatic rings. The minimum absolute atomic E-state index is 0.0182. The van der Waals surface area contributed by atoms with Crippen LogP contribution in [0.5, 0.6) is 0 Å². The summed E-state index contributed by atoms with van der Waals surface area (Å²) in [4.78, 5) is 21.1. The Morgan fingerprint density at radius 3 is 3.08 bits per heavy atom. The zero-order valence-corrected chi connectivity index (χ0v) is 6.67. The van der Waals surface area contributed by atoms with E-state index in [2.05, 4.69) is 10.6 Å². The molecule has 0 saturated carbocycles. The van der Waals surface area contributed by atoms with Crippen LogP contribution in [0.2, 0.25) is 0 Å². The molecule has 1 aliphatic heterocycles. The number of carbonyl (C=O) groups excluding carboxylic acids is 1. The molecule has 0 aromatic heterocycles. The van der Waals surface area contributed by atoms with E-state index in [1.165, 1.54) is 0 Å². The van der Waals surface area contributed by atoms with E-state index in [4.69, 9.17) is 5.11 Å². The van der Waals surface area contributed by atoms with Crippen molar-refractivity contribution in [3.63, 3.8) is 0 Å². The molecule has 5 nitrogen and oxygen atoms in total. The van der Waals surface area contributed by atoms with E-state index in [1.807, 2.05) is 0 Å². The highest BCUT2D eigenvalue weighted by molar-refractivity contribution is 5.76. The maximum absolute atomic E-state index is 10.8. The summed E-state index contributed by atoms with van der Waals surface area (Å²) in [5.41, 5.74) is 0. The lowest BCUT2D eigenvalue weighted by Gasteiger charge is -2.11. The van der Waals surface area contributed by atoms with Gasteiger partial charge in [0.25, 0.3) is 0 Å². The van der Waals surface area contributed by atoms with Crippen molar-refractivity contribution in [1.82, 2.24) is 10.6 Å². The Morgan fingerprint density at radius 2 is 2.42 bits per heavy atom. The fraction of sp³-hybridized carbons (Fsp3) is 0.714. The second-order valence-electron chi connectivity index (χ2n) is 2.80. The molecule has 1 rings (SSSR count). The number of carboxylic acids is 1. The minimum Gasteiger partial charge on any atom is -0.481 e. The van der Waals surface area contributed by atoms with Gasteiger partial charge in [0.1, 0.15) is 0 Å². The van der Waals surface area contributed by atoms with Crippen molar-refractivity contribution in [1.29, 1.82) is 0 Å². The van der Waals surface area contributed by atoms with Crippen LogP contribution in [-0.2, 0) is 9.59 Å². The van der Waals surface area contributed by atoms with Gasteiger partial charge in [0.2, 0.25) is 5.91 Å². The van der Waals surface area contributed by atoms with Crippen molar-refractivity contribution >= 4 is 11.9 Å². The lowest BCUT2D eigenvalue weighted by Crippen LogP contribution is -2.37. The van der Waals surface area contributed by atoms with Crippen LogP contribution in [0.25, 0.3) is 0 Å². The third-order valence-corrected chi connectivity index (χ3v) is 1.75. The first-order chi connectivity index (χ1) is 5.68.